The van der Waals surface area contributed by atoms with Crippen molar-refractivity contribution in [3.8, 4) is 0 Å². The summed E-state index contributed by atoms with van der Waals surface area (Å²) in [5.41, 5.74) is 1.72. The molecule has 2 aliphatic rings. The van der Waals surface area contributed by atoms with E-state index >= 15 is 0 Å². The van der Waals surface area contributed by atoms with Crippen LogP contribution < -0.4 is 5.32 Å². The third kappa shape index (κ3) is 3.65. The van der Waals surface area contributed by atoms with Crippen molar-refractivity contribution in [2.24, 2.45) is 0 Å². The highest BCUT2D eigenvalue weighted by Gasteiger charge is 2.43. The highest BCUT2D eigenvalue weighted by Crippen LogP contribution is 2.38. The Kier molecular flexibility index (Phi) is 4.39. The first-order chi connectivity index (χ1) is 12.1. The van der Waals surface area contributed by atoms with Crippen molar-refractivity contribution in [2.75, 3.05) is 25.0 Å². The van der Waals surface area contributed by atoms with E-state index in [0.717, 1.165) is 18.4 Å². The average Bonchev–Trinajstić information content (AvgIpc) is 3.02. The third-order valence-electron chi connectivity index (χ3n) is 4.94. The lowest BCUT2D eigenvalue weighted by Gasteiger charge is -2.48. The summed E-state index contributed by atoms with van der Waals surface area (Å²) in [6, 6.07) is 7.57. The predicted octanol–water partition coefficient (Wildman–Crippen LogP) is 3.37. The van der Waals surface area contributed by atoms with Gasteiger partial charge in [-0.05, 0) is 37.0 Å². The van der Waals surface area contributed by atoms with Crippen LogP contribution in [0.4, 0.5) is 10.5 Å². The van der Waals surface area contributed by atoms with Crippen molar-refractivity contribution in [1.82, 2.24) is 14.7 Å². The fourth-order valence-electron chi connectivity index (χ4n) is 3.39. The monoisotopic (exact) mass is 360 g/mol. The van der Waals surface area contributed by atoms with E-state index in [0.29, 0.717) is 37.0 Å². The number of urea groups is 1. The first-order valence-electron chi connectivity index (χ1n) is 8.59. The number of carbonyl (C=O) groups excluding carboxylic acids is 1. The van der Waals surface area contributed by atoms with Gasteiger partial charge in [-0.1, -0.05) is 23.7 Å². The van der Waals surface area contributed by atoms with Crippen LogP contribution in [-0.2, 0) is 11.3 Å². The van der Waals surface area contributed by atoms with E-state index in [1.807, 2.05) is 35.4 Å². The van der Waals surface area contributed by atoms with Gasteiger partial charge in [0.25, 0.3) is 0 Å². The number of nitrogens with zero attached hydrogens (tertiary/aromatic N) is 3. The van der Waals surface area contributed by atoms with E-state index in [4.69, 9.17) is 16.3 Å². The molecule has 6 nitrogen and oxygen atoms in total. The third-order valence-corrected chi connectivity index (χ3v) is 5.19. The van der Waals surface area contributed by atoms with E-state index < -0.39 is 0 Å². The Bertz CT molecular complexity index is 755. The maximum absolute atomic E-state index is 12.5. The Morgan fingerprint density at radius 1 is 1.32 bits per heavy atom. The van der Waals surface area contributed by atoms with Crippen LogP contribution >= 0.6 is 11.6 Å². The van der Waals surface area contributed by atoms with E-state index in [9.17, 15) is 4.79 Å². The number of amides is 2. The van der Waals surface area contributed by atoms with E-state index in [-0.39, 0.29) is 11.6 Å². The van der Waals surface area contributed by atoms with Gasteiger partial charge in [0.2, 0.25) is 0 Å². The molecule has 25 heavy (non-hydrogen) atoms. The molecule has 1 aliphatic carbocycles. The molecule has 2 fully saturated rings. The molecule has 1 N–H and O–H groups in total. The molecule has 0 radical (unpaired) electrons. The van der Waals surface area contributed by atoms with Crippen molar-refractivity contribution < 1.29 is 9.53 Å². The van der Waals surface area contributed by atoms with Gasteiger partial charge in [-0.2, -0.15) is 5.10 Å². The largest absolute Gasteiger partial charge is 0.371 e. The summed E-state index contributed by atoms with van der Waals surface area (Å²) in [4.78, 5) is 14.4. The van der Waals surface area contributed by atoms with E-state index in [2.05, 4.69) is 10.4 Å². The van der Waals surface area contributed by atoms with Crippen LogP contribution in [0.15, 0.2) is 36.7 Å². The molecular formula is C18H21ClN4O2. The number of morpholine rings is 1. The Balaban J connectivity index is 1.35. The SMILES string of the molecule is O=C(Nc1cnn(Cc2ccc(Cl)cc2)c1)N1CCOC2(CCC2)C1. The van der Waals surface area contributed by atoms with Gasteiger partial charge in [0.1, 0.15) is 0 Å². The molecule has 1 saturated heterocycles. The van der Waals surface area contributed by atoms with Gasteiger partial charge in [0, 0.05) is 17.8 Å². The molecule has 0 bridgehead atoms. The zero-order chi connectivity index (χ0) is 17.3. The number of ether oxygens (including phenoxy) is 1. The molecule has 0 atom stereocenters. The molecule has 4 rings (SSSR count). The molecule has 1 saturated carbocycles. The molecule has 1 aromatic carbocycles. The lowest BCUT2D eigenvalue weighted by atomic mass is 9.79. The van der Waals surface area contributed by atoms with Gasteiger partial charge >= 0.3 is 6.03 Å². The van der Waals surface area contributed by atoms with E-state index in [1.54, 1.807) is 10.9 Å². The first-order valence-corrected chi connectivity index (χ1v) is 8.97. The Morgan fingerprint density at radius 3 is 2.84 bits per heavy atom. The highest BCUT2D eigenvalue weighted by atomic mass is 35.5. The van der Waals surface area contributed by atoms with Crippen LogP contribution in [0, 0.1) is 0 Å². The molecular weight excluding hydrogens is 340 g/mol. The van der Waals surface area contributed by atoms with Gasteiger partial charge in [-0.15, -0.1) is 0 Å². The van der Waals surface area contributed by atoms with Crippen LogP contribution in [0.3, 0.4) is 0 Å². The number of anilines is 1. The molecule has 1 aromatic heterocycles. The van der Waals surface area contributed by atoms with Crippen molar-refractivity contribution >= 4 is 23.3 Å². The number of nitrogens with one attached hydrogen (secondary N) is 1. The number of benzene rings is 1. The van der Waals surface area contributed by atoms with Crippen molar-refractivity contribution in [2.45, 2.75) is 31.4 Å². The first kappa shape index (κ1) is 16.4. The summed E-state index contributed by atoms with van der Waals surface area (Å²) in [5.74, 6) is 0. The maximum atomic E-state index is 12.5. The predicted molar refractivity (Wildman–Crippen MR) is 95.9 cm³/mol. The molecule has 2 aromatic rings. The number of halogens is 1. The standard InChI is InChI=1S/C18H21ClN4O2/c19-15-4-2-14(3-5-15)11-23-12-16(10-20-23)21-17(24)22-8-9-25-18(13-22)6-1-7-18/h2-5,10,12H,1,6-9,11,13H2,(H,21,24). The summed E-state index contributed by atoms with van der Waals surface area (Å²) < 4.78 is 7.66. The molecule has 2 amide bonds. The lowest BCUT2D eigenvalue weighted by molar-refractivity contribution is -0.140. The number of rotatable bonds is 3. The summed E-state index contributed by atoms with van der Waals surface area (Å²) in [5, 5.41) is 7.97. The van der Waals surface area contributed by atoms with Crippen LogP contribution in [0.1, 0.15) is 24.8 Å². The average molecular weight is 361 g/mol. The summed E-state index contributed by atoms with van der Waals surface area (Å²) in [6.45, 7) is 2.56. The van der Waals surface area contributed by atoms with Crippen LogP contribution in [0.5, 0.6) is 0 Å². The Hall–Kier alpha value is -2.05. The van der Waals surface area contributed by atoms with Gasteiger partial charge in [-0.25, -0.2) is 4.79 Å². The van der Waals surface area contributed by atoms with E-state index in [1.165, 1.54) is 6.42 Å². The van der Waals surface area contributed by atoms with Crippen molar-refractivity contribution in [1.29, 1.82) is 0 Å². The number of aromatic nitrogens is 2. The minimum Gasteiger partial charge on any atom is -0.371 e. The smallest absolute Gasteiger partial charge is 0.322 e. The summed E-state index contributed by atoms with van der Waals surface area (Å²) in [7, 11) is 0. The lowest BCUT2D eigenvalue weighted by Crippen LogP contribution is -2.57. The summed E-state index contributed by atoms with van der Waals surface area (Å²) >= 11 is 5.90. The normalized spacial score (nSPS) is 18.8. The quantitative estimate of drug-likeness (QED) is 0.912. The molecule has 1 aliphatic heterocycles. The number of hydrogen-bond donors (Lipinski definition) is 1. The molecule has 0 unspecified atom stereocenters. The number of carbonyl (C=O) groups is 1. The molecule has 2 heterocycles. The van der Waals surface area contributed by atoms with Crippen LogP contribution in [-0.4, -0.2) is 46.0 Å². The molecule has 1 spiro atoms. The van der Waals surface area contributed by atoms with Gasteiger partial charge in [-0.3, -0.25) is 4.68 Å². The second kappa shape index (κ2) is 6.69. The Labute approximate surface area is 151 Å². The van der Waals surface area contributed by atoms with Gasteiger partial charge < -0.3 is 15.0 Å². The topological polar surface area (TPSA) is 59.4 Å². The van der Waals surface area contributed by atoms with Crippen molar-refractivity contribution in [3.05, 3.63) is 47.2 Å². The minimum absolute atomic E-state index is 0.0828. The fourth-order valence-corrected chi connectivity index (χ4v) is 3.51. The Morgan fingerprint density at radius 2 is 2.12 bits per heavy atom. The maximum Gasteiger partial charge on any atom is 0.322 e. The zero-order valence-electron chi connectivity index (χ0n) is 13.9. The summed E-state index contributed by atoms with van der Waals surface area (Å²) in [6.07, 6.45) is 6.80. The zero-order valence-corrected chi connectivity index (χ0v) is 14.7. The van der Waals surface area contributed by atoms with Gasteiger partial charge in [0.15, 0.2) is 0 Å². The highest BCUT2D eigenvalue weighted by molar-refractivity contribution is 6.30. The second-order valence-electron chi connectivity index (χ2n) is 6.79. The van der Waals surface area contributed by atoms with Crippen LogP contribution in [0.25, 0.3) is 0 Å². The number of hydrogen-bond acceptors (Lipinski definition) is 3. The van der Waals surface area contributed by atoms with Crippen LogP contribution in [0.2, 0.25) is 5.02 Å². The molecule has 7 heteroatoms. The fraction of sp³-hybridized carbons (Fsp3) is 0.444. The van der Waals surface area contributed by atoms with Crippen molar-refractivity contribution in [3.63, 3.8) is 0 Å². The second-order valence-corrected chi connectivity index (χ2v) is 7.23. The van der Waals surface area contributed by atoms with Gasteiger partial charge in [0.05, 0.1) is 37.2 Å². The molecule has 132 valence electrons. The minimum atomic E-state index is -0.0889.